The number of benzene rings is 1. The van der Waals surface area contributed by atoms with E-state index in [1.54, 1.807) is 6.07 Å². The van der Waals surface area contributed by atoms with Gasteiger partial charge in [0.15, 0.2) is 0 Å². The van der Waals surface area contributed by atoms with Gasteiger partial charge in [-0.05, 0) is 31.4 Å². The molecule has 1 unspecified atom stereocenters. The first kappa shape index (κ1) is 12.2. The Hall–Kier alpha value is -1.22. The summed E-state index contributed by atoms with van der Waals surface area (Å²) in [6.07, 6.45) is 1.06. The molecule has 1 aromatic heterocycles. The highest BCUT2D eigenvalue weighted by molar-refractivity contribution is 7.13. The van der Waals surface area contributed by atoms with Gasteiger partial charge in [0.2, 0.25) is 0 Å². The van der Waals surface area contributed by atoms with Crippen molar-refractivity contribution in [2.24, 2.45) is 0 Å². The van der Waals surface area contributed by atoms with Crippen molar-refractivity contribution >= 4 is 11.3 Å². The summed E-state index contributed by atoms with van der Waals surface area (Å²) in [5, 5.41) is 2.81. The molecule has 0 N–H and O–H groups in total. The van der Waals surface area contributed by atoms with E-state index in [1.807, 2.05) is 18.4 Å². The Morgan fingerprint density at radius 1 is 1.41 bits per heavy atom. The number of hydrogen-bond donors (Lipinski definition) is 0. The van der Waals surface area contributed by atoms with Gasteiger partial charge in [0.1, 0.15) is 10.8 Å². The lowest BCUT2D eigenvalue weighted by Crippen LogP contribution is -1.92. The summed E-state index contributed by atoms with van der Waals surface area (Å²) < 4.78 is 13.7. The average Bonchev–Trinajstić information content (AvgIpc) is 2.80. The van der Waals surface area contributed by atoms with Gasteiger partial charge in [-0.1, -0.05) is 25.5 Å². The summed E-state index contributed by atoms with van der Waals surface area (Å²) in [5.74, 6) is 0.244. The van der Waals surface area contributed by atoms with Crippen LogP contribution in [0.1, 0.15) is 37.4 Å². The standard InChI is InChI=1S/C14H16FNS/c1-4-10(3)13-8-17-14(16-13)11-7-9(2)5-6-12(11)15/h5-8,10H,4H2,1-3H3. The van der Waals surface area contributed by atoms with Crippen LogP contribution >= 0.6 is 11.3 Å². The maximum Gasteiger partial charge on any atom is 0.133 e. The Bertz CT molecular complexity index is 519. The summed E-state index contributed by atoms with van der Waals surface area (Å²) in [6.45, 7) is 6.24. The Morgan fingerprint density at radius 2 is 2.18 bits per heavy atom. The molecule has 2 aromatic rings. The second-order valence-corrected chi connectivity index (χ2v) is 5.23. The van der Waals surface area contributed by atoms with Gasteiger partial charge in [0, 0.05) is 10.9 Å². The normalized spacial score (nSPS) is 12.7. The van der Waals surface area contributed by atoms with E-state index >= 15 is 0 Å². The molecule has 17 heavy (non-hydrogen) atoms. The molecule has 0 aliphatic carbocycles. The molecule has 0 saturated carbocycles. The summed E-state index contributed by atoms with van der Waals surface area (Å²) >= 11 is 1.52. The number of aryl methyl sites for hydroxylation is 1. The quantitative estimate of drug-likeness (QED) is 0.763. The van der Waals surface area contributed by atoms with Crippen molar-refractivity contribution in [3.63, 3.8) is 0 Å². The Balaban J connectivity index is 2.40. The van der Waals surface area contributed by atoms with Crippen molar-refractivity contribution in [3.05, 3.63) is 40.7 Å². The number of nitrogens with zero attached hydrogens (tertiary/aromatic N) is 1. The molecular formula is C14H16FNS. The summed E-state index contributed by atoms with van der Waals surface area (Å²) in [5.41, 5.74) is 2.74. The second-order valence-electron chi connectivity index (χ2n) is 4.37. The van der Waals surface area contributed by atoms with Crippen molar-refractivity contribution in [1.82, 2.24) is 4.98 Å². The first-order chi connectivity index (χ1) is 8.11. The van der Waals surface area contributed by atoms with E-state index in [1.165, 1.54) is 17.4 Å². The van der Waals surface area contributed by atoms with Crippen LogP contribution in [0.15, 0.2) is 23.6 Å². The van der Waals surface area contributed by atoms with Gasteiger partial charge in [-0.15, -0.1) is 11.3 Å². The molecule has 2 rings (SSSR count). The van der Waals surface area contributed by atoms with E-state index in [9.17, 15) is 4.39 Å². The van der Waals surface area contributed by atoms with Crippen LogP contribution in [0.25, 0.3) is 10.6 Å². The molecule has 0 radical (unpaired) electrons. The molecule has 0 bridgehead atoms. The van der Waals surface area contributed by atoms with Crippen LogP contribution in [0.4, 0.5) is 4.39 Å². The van der Waals surface area contributed by atoms with Crippen LogP contribution in [-0.2, 0) is 0 Å². The van der Waals surface area contributed by atoms with Crippen LogP contribution in [0.2, 0.25) is 0 Å². The topological polar surface area (TPSA) is 12.9 Å². The molecule has 90 valence electrons. The molecule has 0 aliphatic rings. The van der Waals surface area contributed by atoms with Crippen LogP contribution in [0, 0.1) is 12.7 Å². The molecule has 0 fully saturated rings. The zero-order valence-corrected chi connectivity index (χ0v) is 11.1. The van der Waals surface area contributed by atoms with Crippen LogP contribution in [-0.4, -0.2) is 4.98 Å². The number of aromatic nitrogens is 1. The zero-order valence-electron chi connectivity index (χ0n) is 10.3. The van der Waals surface area contributed by atoms with E-state index in [0.29, 0.717) is 11.5 Å². The van der Waals surface area contributed by atoms with E-state index < -0.39 is 0 Å². The van der Waals surface area contributed by atoms with Crippen molar-refractivity contribution in [2.75, 3.05) is 0 Å². The molecule has 1 heterocycles. The molecule has 1 nitrogen and oxygen atoms in total. The molecule has 1 aromatic carbocycles. The van der Waals surface area contributed by atoms with Gasteiger partial charge in [-0.25, -0.2) is 9.37 Å². The smallest absolute Gasteiger partial charge is 0.133 e. The maximum atomic E-state index is 13.7. The fraction of sp³-hybridized carbons (Fsp3) is 0.357. The molecule has 3 heteroatoms. The molecular weight excluding hydrogens is 233 g/mol. The number of hydrogen-bond acceptors (Lipinski definition) is 2. The van der Waals surface area contributed by atoms with Gasteiger partial charge in [-0.2, -0.15) is 0 Å². The predicted octanol–water partition coefficient (Wildman–Crippen LogP) is 4.77. The fourth-order valence-electron chi connectivity index (χ4n) is 1.65. The van der Waals surface area contributed by atoms with E-state index in [-0.39, 0.29) is 5.82 Å². The van der Waals surface area contributed by atoms with Crippen LogP contribution < -0.4 is 0 Å². The Labute approximate surface area is 105 Å². The predicted molar refractivity (Wildman–Crippen MR) is 71.0 cm³/mol. The summed E-state index contributed by atoms with van der Waals surface area (Å²) in [4.78, 5) is 4.53. The van der Waals surface area contributed by atoms with E-state index in [0.717, 1.165) is 22.7 Å². The SMILES string of the molecule is CCC(C)c1csc(-c2cc(C)ccc2F)n1. The zero-order chi connectivity index (χ0) is 12.4. The number of halogens is 1. The van der Waals surface area contributed by atoms with Crippen molar-refractivity contribution < 1.29 is 4.39 Å². The largest absolute Gasteiger partial charge is 0.241 e. The highest BCUT2D eigenvalue weighted by Gasteiger charge is 2.12. The molecule has 0 amide bonds. The molecule has 0 saturated heterocycles. The van der Waals surface area contributed by atoms with Gasteiger partial charge >= 0.3 is 0 Å². The minimum Gasteiger partial charge on any atom is -0.241 e. The first-order valence-electron chi connectivity index (χ1n) is 5.83. The maximum absolute atomic E-state index is 13.7. The minimum absolute atomic E-state index is 0.194. The van der Waals surface area contributed by atoms with Crippen molar-refractivity contribution in [2.45, 2.75) is 33.1 Å². The lowest BCUT2D eigenvalue weighted by molar-refractivity contribution is 0.630. The molecule has 1 atom stereocenters. The van der Waals surface area contributed by atoms with E-state index in [2.05, 4.69) is 18.8 Å². The van der Waals surface area contributed by atoms with Crippen molar-refractivity contribution in [1.29, 1.82) is 0 Å². The van der Waals surface area contributed by atoms with Gasteiger partial charge < -0.3 is 0 Å². The third-order valence-electron chi connectivity index (χ3n) is 2.99. The number of thiazole rings is 1. The average molecular weight is 249 g/mol. The second kappa shape index (κ2) is 4.96. The summed E-state index contributed by atoms with van der Waals surface area (Å²) in [7, 11) is 0. The highest BCUT2D eigenvalue weighted by Crippen LogP contribution is 2.30. The monoisotopic (exact) mass is 249 g/mol. The van der Waals surface area contributed by atoms with Gasteiger partial charge in [0.25, 0.3) is 0 Å². The highest BCUT2D eigenvalue weighted by atomic mass is 32.1. The lowest BCUT2D eigenvalue weighted by Gasteiger charge is -2.03. The lowest BCUT2D eigenvalue weighted by atomic mass is 10.1. The van der Waals surface area contributed by atoms with Crippen molar-refractivity contribution in [3.8, 4) is 10.6 Å². The Morgan fingerprint density at radius 3 is 2.88 bits per heavy atom. The third-order valence-corrected chi connectivity index (χ3v) is 3.89. The van der Waals surface area contributed by atoms with Gasteiger partial charge in [0.05, 0.1) is 5.69 Å². The Kier molecular flexibility index (Phi) is 3.57. The van der Waals surface area contributed by atoms with Crippen LogP contribution in [0.5, 0.6) is 0 Å². The minimum atomic E-state index is -0.194. The van der Waals surface area contributed by atoms with Crippen LogP contribution in [0.3, 0.4) is 0 Å². The molecule has 0 aliphatic heterocycles. The van der Waals surface area contributed by atoms with E-state index in [4.69, 9.17) is 0 Å². The first-order valence-corrected chi connectivity index (χ1v) is 6.71. The molecule has 0 spiro atoms. The third kappa shape index (κ3) is 2.55. The fourth-order valence-corrected chi connectivity index (χ4v) is 2.61. The van der Waals surface area contributed by atoms with Gasteiger partial charge in [-0.3, -0.25) is 0 Å². The number of rotatable bonds is 3. The summed E-state index contributed by atoms with van der Waals surface area (Å²) in [6, 6.07) is 5.14.